The molecular formula is C22H30N2O3S. The maximum Gasteiger partial charge on any atom is 0.235 e. The minimum atomic E-state index is -3.51. The highest BCUT2D eigenvalue weighted by Crippen LogP contribution is 2.24. The van der Waals surface area contributed by atoms with Crippen molar-refractivity contribution in [3.63, 3.8) is 0 Å². The molecular weight excluding hydrogens is 372 g/mol. The second-order valence-corrected chi connectivity index (χ2v) is 10.2. The van der Waals surface area contributed by atoms with E-state index in [9.17, 15) is 13.2 Å². The number of carbonyl (C=O) groups excluding carboxylic acids is 1. The van der Waals surface area contributed by atoms with Gasteiger partial charge in [-0.1, -0.05) is 75.4 Å². The zero-order valence-electron chi connectivity index (χ0n) is 17.3. The number of hydrogen-bond donors (Lipinski definition) is 1. The average molecular weight is 403 g/mol. The number of sulfonamides is 1. The van der Waals surface area contributed by atoms with Crippen LogP contribution in [-0.2, 0) is 26.8 Å². The second-order valence-electron chi connectivity index (χ2n) is 8.18. The summed E-state index contributed by atoms with van der Waals surface area (Å²) in [6.45, 7) is 8.31. The minimum absolute atomic E-state index is 0.0679. The molecule has 152 valence electrons. The Balaban J connectivity index is 2.03. The molecule has 1 N–H and O–H groups in total. The van der Waals surface area contributed by atoms with E-state index in [4.69, 9.17) is 0 Å². The summed E-state index contributed by atoms with van der Waals surface area (Å²) in [4.78, 5) is 12.5. The quantitative estimate of drug-likeness (QED) is 0.769. The molecule has 0 aliphatic rings. The molecule has 0 spiro atoms. The molecule has 5 nitrogen and oxygen atoms in total. The second kappa shape index (κ2) is 8.88. The third kappa shape index (κ3) is 6.46. The molecule has 1 amide bonds. The number of nitrogens with zero attached hydrogens (tertiary/aromatic N) is 1. The lowest BCUT2D eigenvalue weighted by atomic mass is 9.86. The molecule has 0 unspecified atom stereocenters. The Bertz CT molecular complexity index is 886. The molecule has 1 atom stereocenters. The molecule has 6 heteroatoms. The van der Waals surface area contributed by atoms with Crippen molar-refractivity contribution in [1.82, 2.24) is 9.62 Å². The predicted molar refractivity (Wildman–Crippen MR) is 113 cm³/mol. The van der Waals surface area contributed by atoms with Gasteiger partial charge in [0.2, 0.25) is 15.9 Å². The van der Waals surface area contributed by atoms with Gasteiger partial charge in [-0.15, -0.1) is 0 Å². The predicted octanol–water partition coefficient (Wildman–Crippen LogP) is 3.62. The van der Waals surface area contributed by atoms with E-state index in [1.165, 1.54) is 9.87 Å². The molecule has 2 aromatic carbocycles. The molecule has 0 saturated heterocycles. The van der Waals surface area contributed by atoms with Gasteiger partial charge >= 0.3 is 0 Å². The molecule has 0 radical (unpaired) electrons. The van der Waals surface area contributed by atoms with E-state index >= 15 is 0 Å². The molecule has 0 fully saturated rings. The van der Waals surface area contributed by atoms with E-state index in [2.05, 4.69) is 38.2 Å². The fourth-order valence-corrected chi connectivity index (χ4v) is 3.62. The van der Waals surface area contributed by atoms with Gasteiger partial charge in [-0.05, 0) is 29.0 Å². The van der Waals surface area contributed by atoms with Crippen molar-refractivity contribution in [1.29, 1.82) is 0 Å². The lowest BCUT2D eigenvalue weighted by Gasteiger charge is -2.22. The fourth-order valence-electron chi connectivity index (χ4n) is 2.88. The van der Waals surface area contributed by atoms with Crippen LogP contribution in [0.4, 0.5) is 0 Å². The number of nitrogens with one attached hydrogen (secondary N) is 1. The van der Waals surface area contributed by atoms with Gasteiger partial charge < -0.3 is 5.32 Å². The monoisotopic (exact) mass is 402 g/mol. The number of benzene rings is 2. The first-order chi connectivity index (χ1) is 13.0. The van der Waals surface area contributed by atoms with E-state index in [0.29, 0.717) is 0 Å². The van der Waals surface area contributed by atoms with Crippen LogP contribution in [0.1, 0.15) is 50.4 Å². The summed E-state index contributed by atoms with van der Waals surface area (Å²) in [7, 11) is -3.51. The lowest BCUT2D eigenvalue weighted by molar-refractivity contribution is -0.122. The van der Waals surface area contributed by atoms with Crippen molar-refractivity contribution >= 4 is 15.9 Å². The van der Waals surface area contributed by atoms with Crippen LogP contribution in [0, 0.1) is 0 Å². The molecule has 0 aliphatic heterocycles. The topological polar surface area (TPSA) is 66.5 Å². The van der Waals surface area contributed by atoms with Gasteiger partial charge in [0.05, 0.1) is 18.8 Å². The van der Waals surface area contributed by atoms with Gasteiger partial charge in [0, 0.05) is 6.54 Å². The smallest absolute Gasteiger partial charge is 0.235 e. The van der Waals surface area contributed by atoms with Crippen LogP contribution >= 0.6 is 0 Å². The van der Waals surface area contributed by atoms with E-state index < -0.39 is 10.0 Å². The van der Waals surface area contributed by atoms with Gasteiger partial charge in [-0.2, -0.15) is 4.31 Å². The van der Waals surface area contributed by atoms with Crippen LogP contribution in [0.2, 0.25) is 0 Å². The molecule has 2 aromatic rings. The summed E-state index contributed by atoms with van der Waals surface area (Å²) >= 11 is 0. The molecule has 0 saturated carbocycles. The highest BCUT2D eigenvalue weighted by molar-refractivity contribution is 7.88. The highest BCUT2D eigenvalue weighted by Gasteiger charge is 2.22. The molecule has 0 aromatic heterocycles. The van der Waals surface area contributed by atoms with Crippen LogP contribution < -0.4 is 5.32 Å². The minimum Gasteiger partial charge on any atom is -0.348 e. The zero-order valence-corrected chi connectivity index (χ0v) is 18.1. The van der Waals surface area contributed by atoms with Crippen molar-refractivity contribution in [2.24, 2.45) is 0 Å². The largest absolute Gasteiger partial charge is 0.348 e. The molecule has 0 heterocycles. The maximum atomic E-state index is 12.5. The van der Waals surface area contributed by atoms with Crippen molar-refractivity contribution in [3.8, 4) is 0 Å². The van der Waals surface area contributed by atoms with Crippen molar-refractivity contribution in [2.45, 2.75) is 45.7 Å². The van der Waals surface area contributed by atoms with Crippen molar-refractivity contribution in [3.05, 3.63) is 71.3 Å². The van der Waals surface area contributed by atoms with Gasteiger partial charge in [0.25, 0.3) is 0 Å². The molecule has 28 heavy (non-hydrogen) atoms. The normalized spacial score (nSPS) is 13.4. The summed E-state index contributed by atoms with van der Waals surface area (Å²) in [5, 5.41) is 2.90. The van der Waals surface area contributed by atoms with Crippen LogP contribution in [0.15, 0.2) is 54.6 Å². The number of rotatable bonds is 7. The van der Waals surface area contributed by atoms with E-state index in [-0.39, 0.29) is 30.5 Å². The third-order valence-electron chi connectivity index (χ3n) is 4.64. The summed E-state index contributed by atoms with van der Waals surface area (Å²) in [6, 6.07) is 17.2. The first-order valence-corrected chi connectivity index (χ1v) is 11.2. The average Bonchev–Trinajstić information content (AvgIpc) is 2.60. The Kier molecular flexibility index (Phi) is 7.01. The Morgan fingerprint density at radius 2 is 1.61 bits per heavy atom. The van der Waals surface area contributed by atoms with Crippen LogP contribution in [-0.4, -0.2) is 31.4 Å². The summed E-state index contributed by atoms with van der Waals surface area (Å²) in [6.07, 6.45) is 1.12. The first kappa shape index (κ1) is 22.1. The number of amides is 1. The lowest BCUT2D eigenvalue weighted by Crippen LogP contribution is -2.40. The van der Waals surface area contributed by atoms with Gasteiger partial charge in [0.1, 0.15) is 0 Å². The Labute approximate surface area is 168 Å². The Morgan fingerprint density at radius 3 is 2.11 bits per heavy atom. The van der Waals surface area contributed by atoms with Crippen LogP contribution in [0.3, 0.4) is 0 Å². The number of hydrogen-bond acceptors (Lipinski definition) is 3. The van der Waals surface area contributed by atoms with Crippen molar-refractivity contribution in [2.75, 3.05) is 12.8 Å². The number of carbonyl (C=O) groups is 1. The summed E-state index contributed by atoms with van der Waals surface area (Å²) in [5.74, 6) is -0.325. The third-order valence-corrected chi connectivity index (χ3v) is 5.84. The molecule has 2 rings (SSSR count). The Morgan fingerprint density at radius 1 is 1.04 bits per heavy atom. The van der Waals surface area contributed by atoms with E-state index in [1.54, 1.807) is 0 Å². The van der Waals surface area contributed by atoms with Crippen molar-refractivity contribution < 1.29 is 13.2 Å². The van der Waals surface area contributed by atoms with E-state index in [1.807, 2.05) is 49.4 Å². The molecule has 0 bridgehead atoms. The SMILES string of the molecule is C[C@H](NC(=O)CN(Cc1ccccc1)S(C)(=O)=O)c1ccc(C(C)(C)C)cc1. The van der Waals surface area contributed by atoms with Gasteiger partial charge in [-0.3, -0.25) is 4.79 Å². The molecule has 0 aliphatic carbocycles. The summed E-state index contributed by atoms with van der Waals surface area (Å²) in [5.41, 5.74) is 3.11. The van der Waals surface area contributed by atoms with Gasteiger partial charge in [0.15, 0.2) is 0 Å². The Hall–Kier alpha value is -2.18. The summed E-state index contributed by atoms with van der Waals surface area (Å²) < 4.78 is 25.4. The standard InChI is InChI=1S/C22H30N2O3S/c1-17(19-11-13-20(14-12-19)22(2,3)4)23-21(25)16-24(28(5,26)27)15-18-9-7-6-8-10-18/h6-14,17H,15-16H2,1-5H3,(H,23,25)/t17-/m0/s1. The fraction of sp³-hybridized carbons (Fsp3) is 0.409. The maximum absolute atomic E-state index is 12.5. The highest BCUT2D eigenvalue weighted by atomic mass is 32.2. The van der Waals surface area contributed by atoms with E-state index in [0.717, 1.165) is 17.4 Å². The first-order valence-electron chi connectivity index (χ1n) is 9.35. The zero-order chi connectivity index (χ0) is 20.9. The van der Waals surface area contributed by atoms with Crippen LogP contribution in [0.5, 0.6) is 0 Å². The van der Waals surface area contributed by atoms with Gasteiger partial charge in [-0.25, -0.2) is 8.42 Å². The van der Waals surface area contributed by atoms with Crippen LogP contribution in [0.25, 0.3) is 0 Å².